The van der Waals surface area contributed by atoms with Crippen molar-refractivity contribution in [2.45, 2.75) is 11.8 Å². The Kier molecular flexibility index (Phi) is 6.04. The molecule has 3 aromatic carbocycles. The first-order valence-corrected chi connectivity index (χ1v) is 10.5. The number of rotatable bonds is 6. The summed E-state index contributed by atoms with van der Waals surface area (Å²) in [4.78, 5) is 22.7. The molecule has 0 spiro atoms. The number of aryl methyl sites for hydroxylation is 1. The molecule has 1 amide bonds. The van der Waals surface area contributed by atoms with E-state index in [-0.39, 0.29) is 26.9 Å². The highest BCUT2D eigenvalue weighted by molar-refractivity contribution is 7.92. The molecule has 0 saturated heterocycles. The fourth-order valence-corrected chi connectivity index (χ4v) is 3.88. The van der Waals surface area contributed by atoms with Gasteiger partial charge in [0, 0.05) is 23.5 Å². The van der Waals surface area contributed by atoms with E-state index < -0.39 is 20.9 Å². The molecule has 0 aliphatic carbocycles. The first kappa shape index (κ1) is 21.3. The van der Waals surface area contributed by atoms with Gasteiger partial charge in [0.2, 0.25) is 0 Å². The molecule has 0 aromatic heterocycles. The van der Waals surface area contributed by atoms with E-state index in [4.69, 9.17) is 11.6 Å². The number of carbonyl (C=O) groups is 1. The highest BCUT2D eigenvalue weighted by Crippen LogP contribution is 2.24. The van der Waals surface area contributed by atoms with Gasteiger partial charge < -0.3 is 5.32 Å². The summed E-state index contributed by atoms with van der Waals surface area (Å²) in [5, 5.41) is 13.5. The third kappa shape index (κ3) is 4.94. The molecule has 0 saturated carbocycles. The maximum Gasteiger partial charge on any atom is 0.270 e. The van der Waals surface area contributed by atoms with Gasteiger partial charge >= 0.3 is 0 Å². The summed E-state index contributed by atoms with van der Waals surface area (Å²) in [6.45, 7) is 1.89. The minimum Gasteiger partial charge on any atom is -0.322 e. The zero-order valence-electron chi connectivity index (χ0n) is 15.6. The summed E-state index contributed by atoms with van der Waals surface area (Å²) < 4.78 is 27.8. The van der Waals surface area contributed by atoms with Crippen molar-refractivity contribution in [3.05, 3.63) is 93.0 Å². The summed E-state index contributed by atoms with van der Waals surface area (Å²) in [5.74, 6) is -0.704. The van der Waals surface area contributed by atoms with Crippen LogP contribution in [-0.2, 0) is 10.0 Å². The van der Waals surface area contributed by atoms with Crippen LogP contribution in [0.2, 0.25) is 5.02 Å². The molecule has 0 heterocycles. The average molecular weight is 446 g/mol. The summed E-state index contributed by atoms with van der Waals surface area (Å²) in [6, 6.07) is 15.9. The average Bonchev–Trinajstić information content (AvgIpc) is 2.70. The molecule has 0 aliphatic heterocycles. The maximum atomic E-state index is 12.6. The number of benzene rings is 3. The largest absolute Gasteiger partial charge is 0.322 e. The van der Waals surface area contributed by atoms with E-state index in [0.29, 0.717) is 5.69 Å². The van der Waals surface area contributed by atoms with E-state index in [1.165, 1.54) is 36.4 Å². The van der Waals surface area contributed by atoms with E-state index in [0.717, 1.165) is 11.6 Å². The number of hydrogen-bond acceptors (Lipinski definition) is 5. The van der Waals surface area contributed by atoms with Crippen molar-refractivity contribution in [3.63, 3.8) is 0 Å². The Morgan fingerprint density at radius 2 is 1.70 bits per heavy atom. The van der Waals surface area contributed by atoms with Gasteiger partial charge in [-0.1, -0.05) is 35.4 Å². The van der Waals surface area contributed by atoms with Gasteiger partial charge in [0.15, 0.2) is 0 Å². The molecule has 0 radical (unpaired) electrons. The zero-order chi connectivity index (χ0) is 21.9. The Labute approximate surface area is 177 Å². The Bertz CT molecular complexity index is 1230. The van der Waals surface area contributed by atoms with Crippen molar-refractivity contribution in [1.29, 1.82) is 0 Å². The smallest absolute Gasteiger partial charge is 0.270 e. The normalized spacial score (nSPS) is 11.0. The summed E-state index contributed by atoms with van der Waals surface area (Å²) in [6.07, 6.45) is 0. The summed E-state index contributed by atoms with van der Waals surface area (Å²) in [5.41, 5.74) is 1.19. The molecular formula is C20H16ClN3O5S. The van der Waals surface area contributed by atoms with E-state index >= 15 is 0 Å². The van der Waals surface area contributed by atoms with Crippen molar-refractivity contribution in [3.8, 4) is 0 Å². The number of sulfonamides is 1. The molecule has 0 fully saturated rings. The van der Waals surface area contributed by atoms with Crippen LogP contribution >= 0.6 is 11.6 Å². The lowest BCUT2D eigenvalue weighted by molar-refractivity contribution is -0.384. The second kappa shape index (κ2) is 8.52. The minimum atomic E-state index is -3.89. The van der Waals surface area contributed by atoms with Crippen LogP contribution in [0.4, 0.5) is 17.1 Å². The molecular weight excluding hydrogens is 430 g/mol. The van der Waals surface area contributed by atoms with E-state index in [9.17, 15) is 23.3 Å². The van der Waals surface area contributed by atoms with Gasteiger partial charge in [-0.05, 0) is 43.3 Å². The van der Waals surface area contributed by atoms with Gasteiger partial charge in [-0.2, -0.15) is 0 Å². The summed E-state index contributed by atoms with van der Waals surface area (Å²) in [7, 11) is -3.89. The van der Waals surface area contributed by atoms with Crippen LogP contribution in [0.15, 0.2) is 71.6 Å². The van der Waals surface area contributed by atoms with Crippen LogP contribution in [0.25, 0.3) is 0 Å². The fraction of sp³-hybridized carbons (Fsp3) is 0.0500. The molecule has 10 heteroatoms. The number of nitrogens with zero attached hydrogens (tertiary/aromatic N) is 1. The van der Waals surface area contributed by atoms with Crippen molar-refractivity contribution in [1.82, 2.24) is 0 Å². The molecule has 0 aliphatic rings. The number of nitro groups is 1. The molecule has 30 heavy (non-hydrogen) atoms. The monoisotopic (exact) mass is 445 g/mol. The topological polar surface area (TPSA) is 118 Å². The number of nitrogens with one attached hydrogen (secondary N) is 2. The third-order valence-corrected chi connectivity index (χ3v) is 5.82. The Balaban J connectivity index is 1.83. The molecule has 0 bridgehead atoms. The van der Waals surface area contributed by atoms with Crippen molar-refractivity contribution in [2.24, 2.45) is 0 Å². The van der Waals surface area contributed by atoms with Crippen LogP contribution in [0.3, 0.4) is 0 Å². The Morgan fingerprint density at radius 3 is 2.37 bits per heavy atom. The van der Waals surface area contributed by atoms with Crippen LogP contribution in [-0.4, -0.2) is 19.2 Å². The number of non-ortho nitro benzene ring substituents is 1. The van der Waals surface area contributed by atoms with E-state index in [1.54, 1.807) is 24.3 Å². The SMILES string of the molecule is Cc1ccc(NS(=O)(=O)c2cccc(NC(=O)c3cc([N+](=O)[O-])ccc3Cl)c2)cc1. The number of hydrogen-bond donors (Lipinski definition) is 2. The first-order valence-electron chi connectivity index (χ1n) is 8.60. The molecule has 154 valence electrons. The quantitative estimate of drug-likeness (QED) is 0.424. The van der Waals surface area contributed by atoms with Crippen molar-refractivity contribution >= 4 is 44.6 Å². The number of halogens is 1. The van der Waals surface area contributed by atoms with Gasteiger partial charge in [-0.15, -0.1) is 0 Å². The molecule has 0 unspecified atom stereocenters. The van der Waals surface area contributed by atoms with Crippen LogP contribution in [0.1, 0.15) is 15.9 Å². The van der Waals surface area contributed by atoms with E-state index in [2.05, 4.69) is 10.0 Å². The Morgan fingerprint density at radius 1 is 1.00 bits per heavy atom. The molecule has 3 rings (SSSR count). The predicted octanol–water partition coefficient (Wildman–Crippen LogP) is 4.61. The number of nitro benzene ring substituents is 1. The second-order valence-corrected chi connectivity index (χ2v) is 8.46. The zero-order valence-corrected chi connectivity index (χ0v) is 17.2. The van der Waals surface area contributed by atoms with Crippen LogP contribution in [0.5, 0.6) is 0 Å². The van der Waals surface area contributed by atoms with Gasteiger partial charge in [0.05, 0.1) is 20.4 Å². The second-order valence-electron chi connectivity index (χ2n) is 6.37. The standard InChI is InChI=1S/C20H16ClN3O5S/c1-13-5-7-14(8-6-13)23-30(28,29)17-4-2-3-15(11-17)22-20(25)18-12-16(24(26)27)9-10-19(18)21/h2-12,23H,1H3,(H,22,25). The van der Waals surface area contributed by atoms with Crippen LogP contribution in [0, 0.1) is 17.0 Å². The highest BCUT2D eigenvalue weighted by Gasteiger charge is 2.18. The molecule has 3 aromatic rings. The van der Waals surface area contributed by atoms with Gasteiger partial charge in [0.25, 0.3) is 21.6 Å². The molecule has 2 N–H and O–H groups in total. The summed E-state index contributed by atoms with van der Waals surface area (Å²) >= 11 is 5.98. The lowest BCUT2D eigenvalue weighted by Crippen LogP contribution is -2.15. The van der Waals surface area contributed by atoms with Gasteiger partial charge in [0.1, 0.15) is 0 Å². The third-order valence-electron chi connectivity index (χ3n) is 4.11. The van der Waals surface area contributed by atoms with Crippen molar-refractivity contribution in [2.75, 3.05) is 10.0 Å². The lowest BCUT2D eigenvalue weighted by atomic mass is 10.2. The van der Waals surface area contributed by atoms with E-state index in [1.807, 2.05) is 6.92 Å². The van der Waals surface area contributed by atoms with Crippen molar-refractivity contribution < 1.29 is 18.1 Å². The van der Waals surface area contributed by atoms with Gasteiger partial charge in [-0.25, -0.2) is 8.42 Å². The first-order chi connectivity index (χ1) is 14.2. The number of amides is 1. The molecule has 0 atom stereocenters. The van der Waals surface area contributed by atoms with Gasteiger partial charge in [-0.3, -0.25) is 19.6 Å². The fourth-order valence-electron chi connectivity index (χ4n) is 2.58. The number of anilines is 2. The van der Waals surface area contributed by atoms with Crippen LogP contribution < -0.4 is 10.0 Å². The Hall–Kier alpha value is -3.43. The lowest BCUT2D eigenvalue weighted by Gasteiger charge is -2.11. The predicted molar refractivity (Wildman–Crippen MR) is 114 cm³/mol. The maximum absolute atomic E-state index is 12.6. The highest BCUT2D eigenvalue weighted by atomic mass is 35.5. The number of carbonyl (C=O) groups excluding carboxylic acids is 1. The molecule has 8 nitrogen and oxygen atoms in total. The minimum absolute atomic E-state index is 0.0305.